The van der Waals surface area contributed by atoms with Gasteiger partial charge in [-0.25, -0.2) is 4.39 Å². The third-order valence-electron chi connectivity index (χ3n) is 3.72. The summed E-state index contributed by atoms with van der Waals surface area (Å²) in [6, 6.07) is 4.81. The van der Waals surface area contributed by atoms with Crippen LogP contribution >= 0.6 is 12.2 Å². The van der Waals surface area contributed by atoms with Crippen LogP contribution in [0.25, 0.3) is 0 Å². The van der Waals surface area contributed by atoms with Gasteiger partial charge in [0.2, 0.25) is 5.91 Å². The van der Waals surface area contributed by atoms with Crippen molar-refractivity contribution in [2.24, 2.45) is 17.4 Å². The summed E-state index contributed by atoms with van der Waals surface area (Å²) < 4.78 is 14.0. The van der Waals surface area contributed by atoms with Gasteiger partial charge in [0.05, 0.1) is 0 Å². The van der Waals surface area contributed by atoms with Gasteiger partial charge in [0, 0.05) is 23.6 Å². The largest absolute Gasteiger partial charge is 0.389 e. The summed E-state index contributed by atoms with van der Waals surface area (Å²) >= 11 is 4.82. The molecule has 0 unspecified atom stereocenters. The monoisotopic (exact) mass is 295 g/mol. The Kier molecular flexibility index (Phi) is 4.67. The van der Waals surface area contributed by atoms with E-state index < -0.39 is 0 Å². The lowest BCUT2D eigenvalue weighted by Gasteiger charge is -2.30. The number of primary amides is 1. The van der Waals surface area contributed by atoms with E-state index in [4.69, 9.17) is 23.7 Å². The van der Waals surface area contributed by atoms with Crippen LogP contribution < -0.4 is 11.5 Å². The fraction of sp³-hybridized carbons (Fsp3) is 0.429. The molecule has 4 nitrogen and oxygen atoms in total. The summed E-state index contributed by atoms with van der Waals surface area (Å²) in [5, 5.41) is 0. The van der Waals surface area contributed by atoms with Gasteiger partial charge in [0.25, 0.3) is 0 Å². The van der Waals surface area contributed by atoms with Crippen molar-refractivity contribution >= 4 is 23.1 Å². The maximum atomic E-state index is 14.0. The number of hydrogen-bond acceptors (Lipinski definition) is 3. The Morgan fingerprint density at radius 2 is 2.00 bits per heavy atom. The third kappa shape index (κ3) is 3.52. The number of piperidine rings is 1. The first-order valence-corrected chi connectivity index (χ1v) is 6.98. The number of carbonyl (C=O) groups excluding carboxylic acids is 1. The second-order valence-corrected chi connectivity index (χ2v) is 5.56. The molecule has 108 valence electrons. The van der Waals surface area contributed by atoms with Crippen LogP contribution in [0.3, 0.4) is 0 Å². The van der Waals surface area contributed by atoms with E-state index in [0.29, 0.717) is 17.7 Å². The molecule has 0 bridgehead atoms. The molecule has 1 fully saturated rings. The van der Waals surface area contributed by atoms with Gasteiger partial charge < -0.3 is 11.5 Å². The minimum Gasteiger partial charge on any atom is -0.389 e. The molecule has 1 aromatic carbocycles. The molecule has 2 rings (SSSR count). The number of carbonyl (C=O) groups is 1. The first kappa shape index (κ1) is 14.9. The molecule has 0 aliphatic carbocycles. The number of nitrogens with two attached hydrogens (primary N) is 2. The Morgan fingerprint density at radius 1 is 1.35 bits per heavy atom. The van der Waals surface area contributed by atoms with Gasteiger partial charge in [0.1, 0.15) is 10.8 Å². The van der Waals surface area contributed by atoms with Crippen LogP contribution in [0.15, 0.2) is 18.2 Å². The summed E-state index contributed by atoms with van der Waals surface area (Å²) in [4.78, 5) is 13.4. The molecule has 0 aromatic heterocycles. The van der Waals surface area contributed by atoms with Crippen LogP contribution in [0, 0.1) is 11.7 Å². The summed E-state index contributed by atoms with van der Waals surface area (Å²) in [5.41, 5.74) is 11.9. The highest BCUT2D eigenvalue weighted by molar-refractivity contribution is 7.80. The van der Waals surface area contributed by atoms with Gasteiger partial charge in [0.15, 0.2) is 0 Å². The van der Waals surface area contributed by atoms with Crippen molar-refractivity contribution < 1.29 is 9.18 Å². The topological polar surface area (TPSA) is 72.4 Å². The zero-order chi connectivity index (χ0) is 14.7. The van der Waals surface area contributed by atoms with Crippen LogP contribution in [0.2, 0.25) is 0 Å². The molecule has 0 spiro atoms. The van der Waals surface area contributed by atoms with Gasteiger partial charge in [-0.15, -0.1) is 0 Å². The molecule has 20 heavy (non-hydrogen) atoms. The number of nitrogens with zero attached hydrogens (tertiary/aromatic N) is 1. The first-order chi connectivity index (χ1) is 9.47. The Bertz CT molecular complexity index is 527. The molecule has 1 aromatic rings. The van der Waals surface area contributed by atoms with Crippen molar-refractivity contribution in [1.29, 1.82) is 0 Å². The molecule has 4 N–H and O–H groups in total. The van der Waals surface area contributed by atoms with E-state index in [9.17, 15) is 9.18 Å². The van der Waals surface area contributed by atoms with E-state index in [1.54, 1.807) is 12.1 Å². The molecule has 1 heterocycles. The lowest BCUT2D eigenvalue weighted by atomic mass is 9.96. The predicted molar refractivity (Wildman–Crippen MR) is 79.5 cm³/mol. The SMILES string of the molecule is NC(=O)C1CCN(Cc2ccc(C(N)=S)cc2F)CC1. The minimum atomic E-state index is -0.299. The van der Waals surface area contributed by atoms with Gasteiger partial charge in [-0.3, -0.25) is 9.69 Å². The average Bonchev–Trinajstić information content (AvgIpc) is 2.41. The molecule has 0 atom stereocenters. The Labute approximate surface area is 122 Å². The van der Waals surface area contributed by atoms with Crippen molar-refractivity contribution in [2.75, 3.05) is 13.1 Å². The van der Waals surface area contributed by atoms with E-state index in [0.717, 1.165) is 25.9 Å². The average molecular weight is 295 g/mol. The highest BCUT2D eigenvalue weighted by Gasteiger charge is 2.23. The minimum absolute atomic E-state index is 0.0481. The predicted octanol–water partition coefficient (Wildman–Crippen LogP) is 1.16. The third-order valence-corrected chi connectivity index (χ3v) is 3.96. The van der Waals surface area contributed by atoms with Gasteiger partial charge in [-0.05, 0) is 32.0 Å². The quantitative estimate of drug-likeness (QED) is 0.818. The molecule has 6 heteroatoms. The van der Waals surface area contributed by atoms with Crippen LogP contribution in [-0.4, -0.2) is 28.9 Å². The van der Waals surface area contributed by atoms with Crippen molar-refractivity contribution in [3.05, 3.63) is 35.1 Å². The van der Waals surface area contributed by atoms with Crippen molar-refractivity contribution in [3.8, 4) is 0 Å². The van der Waals surface area contributed by atoms with E-state index in [-0.39, 0.29) is 22.6 Å². The molecule has 1 aliphatic rings. The molecular weight excluding hydrogens is 277 g/mol. The van der Waals surface area contributed by atoms with Crippen molar-refractivity contribution in [2.45, 2.75) is 19.4 Å². The number of amides is 1. The first-order valence-electron chi connectivity index (χ1n) is 6.57. The Hall–Kier alpha value is -1.53. The van der Waals surface area contributed by atoms with E-state index >= 15 is 0 Å². The number of benzene rings is 1. The van der Waals surface area contributed by atoms with E-state index in [1.165, 1.54) is 6.07 Å². The van der Waals surface area contributed by atoms with Crippen LogP contribution in [0.1, 0.15) is 24.0 Å². The van der Waals surface area contributed by atoms with Crippen molar-refractivity contribution in [1.82, 2.24) is 4.90 Å². The number of likely N-dealkylation sites (tertiary alicyclic amines) is 1. The number of rotatable bonds is 4. The maximum absolute atomic E-state index is 14.0. The fourth-order valence-corrected chi connectivity index (χ4v) is 2.57. The zero-order valence-corrected chi connectivity index (χ0v) is 12.0. The molecule has 1 aliphatic heterocycles. The lowest BCUT2D eigenvalue weighted by molar-refractivity contribution is -0.123. The maximum Gasteiger partial charge on any atom is 0.220 e. The smallest absolute Gasteiger partial charge is 0.220 e. The highest BCUT2D eigenvalue weighted by Crippen LogP contribution is 2.20. The summed E-state index contributed by atoms with van der Waals surface area (Å²) in [6.45, 7) is 2.03. The lowest BCUT2D eigenvalue weighted by Crippen LogP contribution is -2.38. The highest BCUT2D eigenvalue weighted by atomic mass is 32.1. The van der Waals surface area contributed by atoms with Crippen molar-refractivity contribution in [3.63, 3.8) is 0 Å². The second-order valence-electron chi connectivity index (χ2n) is 5.12. The zero-order valence-electron chi connectivity index (χ0n) is 11.1. The Morgan fingerprint density at radius 3 is 2.50 bits per heavy atom. The van der Waals surface area contributed by atoms with E-state index in [1.807, 2.05) is 0 Å². The summed E-state index contributed by atoms with van der Waals surface area (Å²) in [6.07, 6.45) is 1.48. The fourth-order valence-electron chi connectivity index (χ4n) is 2.45. The summed E-state index contributed by atoms with van der Waals surface area (Å²) in [7, 11) is 0. The number of hydrogen-bond donors (Lipinski definition) is 2. The van der Waals surface area contributed by atoms with Gasteiger partial charge >= 0.3 is 0 Å². The van der Waals surface area contributed by atoms with Crippen LogP contribution in [0.5, 0.6) is 0 Å². The Balaban J connectivity index is 1.98. The molecule has 1 saturated heterocycles. The van der Waals surface area contributed by atoms with Gasteiger partial charge in [-0.2, -0.15) is 0 Å². The van der Waals surface area contributed by atoms with Crippen LogP contribution in [-0.2, 0) is 11.3 Å². The molecule has 1 amide bonds. The van der Waals surface area contributed by atoms with Gasteiger partial charge in [-0.1, -0.05) is 24.4 Å². The second kappa shape index (κ2) is 6.28. The summed E-state index contributed by atoms with van der Waals surface area (Å²) in [5.74, 6) is -0.586. The number of thiocarbonyl (C=S) groups is 1. The number of halogens is 1. The normalized spacial score (nSPS) is 17.1. The van der Waals surface area contributed by atoms with E-state index in [2.05, 4.69) is 4.90 Å². The molecule has 0 saturated carbocycles. The molecular formula is C14H18FN3OS. The van der Waals surface area contributed by atoms with Crippen LogP contribution in [0.4, 0.5) is 4.39 Å². The standard InChI is InChI=1S/C14H18FN3OS/c15-12-7-10(14(17)20)1-2-11(12)8-18-5-3-9(4-6-18)13(16)19/h1-2,7,9H,3-6,8H2,(H2,16,19)(H2,17,20). The molecule has 0 radical (unpaired) electrons.